The Balaban J connectivity index is 1.90. The molecule has 0 atom stereocenters. The molecule has 1 N–H and O–H groups in total. The Kier molecular flexibility index (Phi) is 12.5. The van der Waals surface area contributed by atoms with Gasteiger partial charge in [-0.15, -0.1) is 0 Å². The minimum Gasteiger partial charge on any atom is -0.489 e. The Hall–Kier alpha value is -2.73. The molecule has 0 bridgehead atoms. The van der Waals surface area contributed by atoms with Gasteiger partial charge in [0.05, 0.1) is 7.11 Å². The summed E-state index contributed by atoms with van der Waals surface area (Å²) in [4.78, 5) is 13.4. The molecule has 2 aromatic carbocycles. The normalized spacial score (nSPS) is 11.3. The first-order valence-electron chi connectivity index (χ1n) is 12.3. The number of benzene rings is 2. The Morgan fingerprint density at radius 1 is 1.00 bits per heavy atom. The maximum Gasteiger partial charge on any atom is 0.305 e. The molecule has 0 saturated carbocycles. The molecule has 35 heavy (non-hydrogen) atoms. The number of carbonyl (C=O) groups excluding carboxylic acids is 1. The minimum atomic E-state index is -0.199. The number of nitrogens with one attached hydrogen (secondary N) is 1. The number of aryl methyl sites for hydroxylation is 1. The summed E-state index contributed by atoms with van der Waals surface area (Å²) < 4.78 is 10.6. The highest BCUT2D eigenvalue weighted by Gasteiger charge is 2.12. The summed E-state index contributed by atoms with van der Waals surface area (Å²) in [5, 5.41) is 11.2. The van der Waals surface area contributed by atoms with Crippen molar-refractivity contribution in [2.75, 3.05) is 13.7 Å². The first-order valence-corrected chi connectivity index (χ1v) is 13.2. The third kappa shape index (κ3) is 11.5. The van der Waals surface area contributed by atoms with Crippen molar-refractivity contribution in [3.05, 3.63) is 76.7 Å². The zero-order valence-electron chi connectivity index (χ0n) is 21.8. The second kappa shape index (κ2) is 15.3. The van der Waals surface area contributed by atoms with E-state index in [1.807, 2.05) is 29.7 Å². The van der Waals surface area contributed by atoms with E-state index in [-0.39, 0.29) is 5.97 Å². The van der Waals surface area contributed by atoms with Crippen molar-refractivity contribution in [3.63, 3.8) is 0 Å². The van der Waals surface area contributed by atoms with Crippen molar-refractivity contribution in [2.24, 2.45) is 11.8 Å². The molecule has 0 saturated heterocycles. The lowest BCUT2D eigenvalue weighted by atomic mass is 10.1. The van der Waals surface area contributed by atoms with Crippen LogP contribution in [0.3, 0.4) is 0 Å². The zero-order chi connectivity index (χ0) is 25.6. The molecule has 0 spiro atoms. The van der Waals surface area contributed by atoms with Gasteiger partial charge in [0.1, 0.15) is 12.4 Å². The molecule has 6 heteroatoms. The zero-order valence-corrected chi connectivity index (χ0v) is 22.6. The van der Waals surface area contributed by atoms with E-state index in [1.54, 1.807) is 0 Å². The van der Waals surface area contributed by atoms with E-state index in [9.17, 15) is 4.79 Å². The van der Waals surface area contributed by atoms with E-state index < -0.39 is 0 Å². The number of carbonyl (C=O) groups is 1. The number of nitrogens with zero attached hydrogens (tertiary/aromatic N) is 1. The van der Waals surface area contributed by atoms with Gasteiger partial charge in [0.15, 0.2) is 5.17 Å². The maximum atomic E-state index is 11.3. The predicted octanol–water partition coefficient (Wildman–Crippen LogP) is 7.06. The minimum absolute atomic E-state index is 0.199. The van der Waals surface area contributed by atoms with E-state index in [2.05, 4.69) is 67.7 Å². The Bertz CT molecular complexity index is 937. The molecule has 2 rings (SSSR count). The number of hydrogen-bond donors (Lipinski definition) is 1. The molecule has 0 aliphatic heterocycles. The van der Waals surface area contributed by atoms with Crippen molar-refractivity contribution < 1.29 is 14.3 Å². The van der Waals surface area contributed by atoms with Gasteiger partial charge >= 0.3 is 5.97 Å². The fourth-order valence-electron chi connectivity index (χ4n) is 3.23. The topological polar surface area (TPSA) is 62.6 Å². The number of esters is 1. The molecule has 5 nitrogen and oxygen atoms in total. The van der Waals surface area contributed by atoms with E-state index in [0.29, 0.717) is 36.5 Å². The molecule has 2 aromatic rings. The molecule has 0 radical (unpaired) electrons. The molecular formula is C29H40N2O3S. The monoisotopic (exact) mass is 496 g/mol. The first kappa shape index (κ1) is 28.5. The second-order valence-corrected chi connectivity index (χ2v) is 10.3. The molecule has 0 amide bonds. The Morgan fingerprint density at radius 2 is 1.63 bits per heavy atom. The molecule has 0 heterocycles. The summed E-state index contributed by atoms with van der Waals surface area (Å²) in [5.41, 5.74) is 3.37. The van der Waals surface area contributed by atoms with Crippen molar-refractivity contribution in [2.45, 2.75) is 60.1 Å². The lowest BCUT2D eigenvalue weighted by Crippen LogP contribution is -2.29. The van der Waals surface area contributed by atoms with Crippen molar-refractivity contribution in [1.82, 2.24) is 4.90 Å². The summed E-state index contributed by atoms with van der Waals surface area (Å²) in [6, 6.07) is 16.3. The van der Waals surface area contributed by atoms with Crippen LogP contribution in [0.25, 0.3) is 0 Å². The molecule has 0 aromatic heterocycles. The van der Waals surface area contributed by atoms with Gasteiger partial charge in [-0.25, -0.2) is 0 Å². The van der Waals surface area contributed by atoms with Crippen LogP contribution < -0.4 is 4.74 Å². The molecule has 0 unspecified atom stereocenters. The molecule has 0 fully saturated rings. The molecule has 190 valence electrons. The predicted molar refractivity (Wildman–Crippen MR) is 147 cm³/mol. The van der Waals surface area contributed by atoms with Crippen LogP contribution in [0.15, 0.2) is 60.0 Å². The number of allylic oxidation sites excluding steroid dienone is 1. The Labute approximate surface area is 215 Å². The van der Waals surface area contributed by atoms with Crippen molar-refractivity contribution in [3.8, 4) is 5.75 Å². The number of amidine groups is 1. The van der Waals surface area contributed by atoms with Crippen LogP contribution >= 0.6 is 11.8 Å². The average Bonchev–Trinajstić information content (AvgIpc) is 2.84. The molecule has 0 aliphatic carbocycles. The summed E-state index contributed by atoms with van der Waals surface area (Å²) in [6.07, 6.45) is 4.23. The van der Waals surface area contributed by atoms with Crippen LogP contribution in [0.5, 0.6) is 5.75 Å². The molecular weight excluding hydrogens is 456 g/mol. The van der Waals surface area contributed by atoms with Gasteiger partial charge < -0.3 is 14.4 Å². The standard InChI is InChI=1S/C29H40N2O3S/c1-22(2)16-18-31(29(30)35-19-17-23(3)4)20-25-6-8-26(9-7-25)21-34-27-13-10-24(11-14-27)12-15-28(32)33-5/h6-11,13-14,17,19,22-23,30H,12,15-16,18,20-21H2,1-5H3/b19-17+,30-29?. The fourth-order valence-corrected chi connectivity index (χ4v) is 4.06. The fraction of sp³-hybridized carbons (Fsp3) is 0.448. The van der Waals surface area contributed by atoms with Crippen LogP contribution in [0.2, 0.25) is 0 Å². The van der Waals surface area contributed by atoms with Gasteiger partial charge in [0.2, 0.25) is 0 Å². The highest BCUT2D eigenvalue weighted by molar-refractivity contribution is 8.16. The van der Waals surface area contributed by atoms with Gasteiger partial charge in [-0.1, -0.05) is 81.9 Å². The highest BCUT2D eigenvalue weighted by atomic mass is 32.2. The summed E-state index contributed by atoms with van der Waals surface area (Å²) in [6.45, 7) is 10.8. The van der Waals surface area contributed by atoms with E-state index in [4.69, 9.17) is 10.1 Å². The van der Waals surface area contributed by atoms with Crippen molar-refractivity contribution >= 4 is 22.9 Å². The number of rotatable bonds is 13. The van der Waals surface area contributed by atoms with E-state index >= 15 is 0 Å². The second-order valence-electron chi connectivity index (χ2n) is 9.42. The SMILES string of the molecule is COC(=O)CCc1ccc(OCc2ccc(CN(CCC(C)C)C(=N)S/C=C/C(C)C)cc2)cc1. The third-order valence-corrected chi connectivity index (χ3v) is 6.25. The van der Waals surface area contributed by atoms with Gasteiger partial charge in [-0.05, 0) is 58.9 Å². The van der Waals surface area contributed by atoms with Gasteiger partial charge in [0.25, 0.3) is 0 Å². The summed E-state index contributed by atoms with van der Waals surface area (Å²) in [7, 11) is 1.41. The lowest BCUT2D eigenvalue weighted by Gasteiger charge is -2.25. The van der Waals surface area contributed by atoms with Gasteiger partial charge in [-0.2, -0.15) is 0 Å². The number of hydrogen-bond acceptors (Lipinski definition) is 5. The number of thioether (sulfide) groups is 1. The van der Waals surface area contributed by atoms with Crippen LogP contribution in [0, 0.1) is 17.2 Å². The van der Waals surface area contributed by atoms with Gasteiger partial charge in [-0.3, -0.25) is 10.2 Å². The smallest absolute Gasteiger partial charge is 0.305 e. The van der Waals surface area contributed by atoms with E-state index in [1.165, 1.54) is 24.4 Å². The van der Waals surface area contributed by atoms with Crippen molar-refractivity contribution in [1.29, 1.82) is 5.41 Å². The van der Waals surface area contributed by atoms with E-state index in [0.717, 1.165) is 36.4 Å². The maximum absolute atomic E-state index is 11.3. The summed E-state index contributed by atoms with van der Waals surface area (Å²) in [5.74, 6) is 1.69. The Morgan fingerprint density at radius 3 is 2.23 bits per heavy atom. The number of methoxy groups -OCH3 is 1. The lowest BCUT2D eigenvalue weighted by molar-refractivity contribution is -0.140. The third-order valence-electron chi connectivity index (χ3n) is 5.48. The number of ether oxygens (including phenoxy) is 2. The van der Waals surface area contributed by atoms with Crippen LogP contribution in [-0.4, -0.2) is 29.7 Å². The van der Waals surface area contributed by atoms with Gasteiger partial charge in [0, 0.05) is 19.5 Å². The van der Waals surface area contributed by atoms with Crippen LogP contribution in [-0.2, 0) is 29.1 Å². The van der Waals surface area contributed by atoms with Crippen LogP contribution in [0.4, 0.5) is 0 Å². The quantitative estimate of drug-likeness (QED) is 0.183. The molecule has 0 aliphatic rings. The summed E-state index contributed by atoms with van der Waals surface area (Å²) >= 11 is 1.48. The van der Waals surface area contributed by atoms with Crippen LogP contribution in [0.1, 0.15) is 57.2 Å². The first-order chi connectivity index (χ1) is 16.8. The average molecular weight is 497 g/mol. The largest absolute Gasteiger partial charge is 0.489 e. The highest BCUT2D eigenvalue weighted by Crippen LogP contribution is 2.18.